The van der Waals surface area contributed by atoms with Crippen LogP contribution in [0.3, 0.4) is 0 Å². The number of para-hydroxylation sites is 1. The summed E-state index contributed by atoms with van der Waals surface area (Å²) in [5.74, 6) is 0.174. The molecule has 0 aliphatic carbocycles. The van der Waals surface area contributed by atoms with Crippen LogP contribution in [0, 0.1) is 0 Å². The highest BCUT2D eigenvalue weighted by molar-refractivity contribution is 7.10. The number of carbonyl (C=O) groups is 1. The smallest absolute Gasteiger partial charge is 0.225 e. The summed E-state index contributed by atoms with van der Waals surface area (Å²) in [6.45, 7) is 0.579. The highest BCUT2D eigenvalue weighted by Crippen LogP contribution is 2.30. The minimum atomic E-state index is 0.0632. The second-order valence-corrected chi connectivity index (χ2v) is 7.35. The Kier molecular flexibility index (Phi) is 4.84. The Morgan fingerprint density at radius 3 is 2.62 bits per heavy atom. The zero-order valence-electron chi connectivity index (χ0n) is 14.3. The van der Waals surface area contributed by atoms with Gasteiger partial charge in [-0.15, -0.1) is 11.3 Å². The number of amides is 1. The molecular formula is C22H20N2OS. The third kappa shape index (κ3) is 3.55. The average molecular weight is 360 g/mol. The lowest BCUT2D eigenvalue weighted by Gasteiger charge is -2.18. The van der Waals surface area contributed by atoms with Gasteiger partial charge in [0.1, 0.15) is 0 Å². The van der Waals surface area contributed by atoms with Gasteiger partial charge in [-0.2, -0.15) is 0 Å². The topological polar surface area (TPSA) is 44.9 Å². The number of H-pyrrole nitrogens is 1. The van der Waals surface area contributed by atoms with E-state index in [2.05, 4.69) is 46.8 Å². The van der Waals surface area contributed by atoms with Crippen molar-refractivity contribution in [1.82, 2.24) is 10.3 Å². The molecule has 4 heteroatoms. The zero-order chi connectivity index (χ0) is 17.8. The fourth-order valence-corrected chi connectivity index (χ4v) is 4.03. The molecule has 0 bridgehead atoms. The molecule has 0 aliphatic heterocycles. The van der Waals surface area contributed by atoms with Crippen LogP contribution in [-0.4, -0.2) is 17.4 Å². The van der Waals surface area contributed by atoms with Crippen molar-refractivity contribution in [2.24, 2.45) is 0 Å². The first-order chi connectivity index (χ1) is 12.8. The van der Waals surface area contributed by atoms with E-state index in [4.69, 9.17) is 0 Å². The third-order valence-electron chi connectivity index (χ3n) is 4.62. The van der Waals surface area contributed by atoms with E-state index in [0.717, 1.165) is 10.4 Å². The maximum Gasteiger partial charge on any atom is 0.225 e. The van der Waals surface area contributed by atoms with Crippen LogP contribution in [0.4, 0.5) is 0 Å². The van der Waals surface area contributed by atoms with Crippen molar-refractivity contribution in [2.45, 2.75) is 12.3 Å². The van der Waals surface area contributed by atoms with Gasteiger partial charge < -0.3 is 10.3 Å². The summed E-state index contributed by atoms with van der Waals surface area (Å²) in [5.41, 5.74) is 3.53. The van der Waals surface area contributed by atoms with Crippen molar-refractivity contribution in [1.29, 1.82) is 0 Å². The van der Waals surface area contributed by atoms with Gasteiger partial charge in [0.2, 0.25) is 5.91 Å². The fourth-order valence-electron chi connectivity index (χ4n) is 3.32. The molecule has 0 aliphatic rings. The zero-order valence-corrected chi connectivity index (χ0v) is 15.1. The normalized spacial score (nSPS) is 12.2. The number of aromatic nitrogens is 1. The Balaban J connectivity index is 1.59. The molecule has 130 valence electrons. The van der Waals surface area contributed by atoms with E-state index in [-0.39, 0.29) is 11.8 Å². The van der Waals surface area contributed by atoms with Gasteiger partial charge >= 0.3 is 0 Å². The summed E-state index contributed by atoms with van der Waals surface area (Å²) < 4.78 is 0. The Morgan fingerprint density at radius 1 is 1.00 bits per heavy atom. The summed E-state index contributed by atoms with van der Waals surface area (Å²) in [6.07, 6.45) is 2.50. The SMILES string of the molecule is O=C(Cc1cccs1)NCC(c1ccccc1)c1c[nH]c2ccccc12. The molecule has 2 aromatic heterocycles. The summed E-state index contributed by atoms with van der Waals surface area (Å²) in [4.78, 5) is 16.8. The summed E-state index contributed by atoms with van der Waals surface area (Å²) in [6, 6.07) is 22.6. The molecule has 3 nitrogen and oxygen atoms in total. The van der Waals surface area contributed by atoms with Crippen molar-refractivity contribution in [3.63, 3.8) is 0 Å². The molecule has 2 heterocycles. The second kappa shape index (κ2) is 7.58. The van der Waals surface area contributed by atoms with E-state index in [9.17, 15) is 4.79 Å². The highest BCUT2D eigenvalue weighted by Gasteiger charge is 2.19. The first-order valence-corrected chi connectivity index (χ1v) is 9.59. The van der Waals surface area contributed by atoms with Crippen molar-refractivity contribution in [3.8, 4) is 0 Å². The van der Waals surface area contributed by atoms with E-state index >= 15 is 0 Å². The maximum atomic E-state index is 12.4. The van der Waals surface area contributed by atoms with Crippen LogP contribution in [0.2, 0.25) is 0 Å². The van der Waals surface area contributed by atoms with Gasteiger partial charge in [0.25, 0.3) is 0 Å². The Labute approximate surface area is 156 Å². The number of benzene rings is 2. The van der Waals surface area contributed by atoms with Crippen LogP contribution < -0.4 is 5.32 Å². The van der Waals surface area contributed by atoms with E-state index in [0.29, 0.717) is 13.0 Å². The second-order valence-electron chi connectivity index (χ2n) is 6.31. The quantitative estimate of drug-likeness (QED) is 0.513. The van der Waals surface area contributed by atoms with Crippen molar-refractivity contribution >= 4 is 28.1 Å². The molecule has 1 amide bonds. The molecule has 4 rings (SSSR count). The van der Waals surface area contributed by atoms with Crippen molar-refractivity contribution in [2.75, 3.05) is 6.54 Å². The van der Waals surface area contributed by atoms with E-state index in [1.54, 1.807) is 11.3 Å². The minimum absolute atomic E-state index is 0.0632. The first kappa shape index (κ1) is 16.6. The lowest BCUT2D eigenvalue weighted by atomic mass is 9.91. The van der Waals surface area contributed by atoms with E-state index in [1.165, 1.54) is 16.5 Å². The molecule has 0 saturated carbocycles. The van der Waals surface area contributed by atoms with Gasteiger partial charge in [-0.25, -0.2) is 0 Å². The largest absolute Gasteiger partial charge is 0.361 e. The summed E-state index contributed by atoms with van der Waals surface area (Å²) in [5, 5.41) is 6.33. The summed E-state index contributed by atoms with van der Waals surface area (Å²) in [7, 11) is 0. The van der Waals surface area contributed by atoms with Gasteiger partial charge in [0, 0.05) is 34.4 Å². The molecular weight excluding hydrogens is 340 g/mol. The lowest BCUT2D eigenvalue weighted by molar-refractivity contribution is -0.120. The Bertz CT molecular complexity index is 989. The van der Waals surface area contributed by atoms with Crippen LogP contribution in [-0.2, 0) is 11.2 Å². The molecule has 1 atom stereocenters. The highest BCUT2D eigenvalue weighted by atomic mass is 32.1. The third-order valence-corrected chi connectivity index (χ3v) is 5.49. The number of fused-ring (bicyclic) bond motifs is 1. The predicted octanol–water partition coefficient (Wildman–Crippen LogP) is 4.72. The number of hydrogen-bond acceptors (Lipinski definition) is 2. The molecule has 2 aromatic carbocycles. The van der Waals surface area contributed by atoms with Gasteiger partial charge in [0.05, 0.1) is 6.42 Å². The van der Waals surface area contributed by atoms with Crippen molar-refractivity contribution in [3.05, 3.63) is 94.3 Å². The van der Waals surface area contributed by atoms with Gasteiger partial charge in [-0.3, -0.25) is 4.79 Å². The summed E-state index contributed by atoms with van der Waals surface area (Å²) >= 11 is 1.62. The number of hydrogen-bond donors (Lipinski definition) is 2. The van der Waals surface area contributed by atoms with Crippen LogP contribution in [0.25, 0.3) is 10.9 Å². The lowest BCUT2D eigenvalue weighted by Crippen LogP contribution is -2.29. The maximum absolute atomic E-state index is 12.4. The van der Waals surface area contributed by atoms with Gasteiger partial charge in [-0.05, 0) is 28.6 Å². The molecule has 0 saturated heterocycles. The molecule has 0 spiro atoms. The molecule has 1 unspecified atom stereocenters. The minimum Gasteiger partial charge on any atom is -0.361 e. The van der Waals surface area contributed by atoms with Crippen LogP contribution >= 0.6 is 11.3 Å². The van der Waals surface area contributed by atoms with Gasteiger partial charge in [0.15, 0.2) is 0 Å². The number of carbonyl (C=O) groups excluding carboxylic acids is 1. The molecule has 0 radical (unpaired) electrons. The van der Waals surface area contributed by atoms with Gasteiger partial charge in [-0.1, -0.05) is 54.6 Å². The molecule has 26 heavy (non-hydrogen) atoms. The van der Waals surface area contributed by atoms with Crippen LogP contribution in [0.1, 0.15) is 21.9 Å². The fraction of sp³-hybridized carbons (Fsp3) is 0.136. The Hall–Kier alpha value is -2.85. The Morgan fingerprint density at radius 2 is 1.81 bits per heavy atom. The van der Waals surface area contributed by atoms with Crippen molar-refractivity contribution < 1.29 is 4.79 Å². The van der Waals surface area contributed by atoms with E-state index < -0.39 is 0 Å². The number of thiophene rings is 1. The molecule has 0 fully saturated rings. The molecule has 2 N–H and O–H groups in total. The molecule has 4 aromatic rings. The first-order valence-electron chi connectivity index (χ1n) is 8.71. The van der Waals surface area contributed by atoms with Crippen LogP contribution in [0.5, 0.6) is 0 Å². The number of aromatic amines is 1. The van der Waals surface area contributed by atoms with Crippen LogP contribution in [0.15, 0.2) is 78.3 Å². The number of rotatable bonds is 6. The van der Waals surface area contributed by atoms with E-state index in [1.807, 2.05) is 41.8 Å². The monoisotopic (exact) mass is 360 g/mol. The number of nitrogens with one attached hydrogen (secondary N) is 2. The predicted molar refractivity (Wildman–Crippen MR) is 108 cm³/mol. The standard InChI is InChI=1S/C22H20N2OS/c25-22(13-17-9-6-12-26-17)24-14-19(16-7-2-1-3-8-16)20-15-23-21-11-5-4-10-18(20)21/h1-12,15,19,23H,13-14H2,(H,24,25). The average Bonchev–Trinajstić information content (AvgIpc) is 3.33.